The Morgan fingerprint density at radius 1 is 1.19 bits per heavy atom. The standard InChI is InChI=1S/C22H18ClNO6S/c1-14-18-11-15(23)7-8-19(18)30-21(14)22(26)29-12-20(25)24(16-5-3-2-4-6-16)17-9-10-31(27,28)13-17/h2-11,17H,12-13H2,1H3. The normalized spacial score (nSPS) is 17.0. The highest BCUT2D eigenvalue weighted by atomic mass is 35.5. The van der Waals surface area contributed by atoms with Gasteiger partial charge in [0.1, 0.15) is 5.58 Å². The number of furan rings is 1. The van der Waals surface area contributed by atoms with Gasteiger partial charge in [0.2, 0.25) is 5.76 Å². The number of hydrogen-bond acceptors (Lipinski definition) is 6. The third-order valence-corrected chi connectivity index (χ3v) is 6.57. The van der Waals surface area contributed by atoms with E-state index in [1.165, 1.54) is 11.0 Å². The predicted octanol–water partition coefficient (Wildman–Crippen LogP) is 3.90. The third kappa shape index (κ3) is 4.35. The van der Waals surface area contributed by atoms with Crippen molar-refractivity contribution < 1.29 is 27.2 Å². The zero-order valence-electron chi connectivity index (χ0n) is 16.4. The van der Waals surface area contributed by atoms with E-state index in [4.69, 9.17) is 20.8 Å². The zero-order chi connectivity index (χ0) is 22.2. The van der Waals surface area contributed by atoms with E-state index in [-0.39, 0.29) is 11.5 Å². The van der Waals surface area contributed by atoms with Crippen LogP contribution in [0.3, 0.4) is 0 Å². The minimum atomic E-state index is -3.39. The topological polar surface area (TPSA) is 93.9 Å². The quantitative estimate of drug-likeness (QED) is 0.537. The highest BCUT2D eigenvalue weighted by molar-refractivity contribution is 7.94. The van der Waals surface area contributed by atoms with Crippen molar-refractivity contribution in [3.05, 3.63) is 76.4 Å². The van der Waals surface area contributed by atoms with E-state index in [1.54, 1.807) is 55.5 Å². The fraction of sp³-hybridized carbons (Fsp3) is 0.182. The van der Waals surface area contributed by atoms with Crippen LogP contribution in [0.4, 0.5) is 5.69 Å². The van der Waals surface area contributed by atoms with Crippen molar-refractivity contribution in [2.75, 3.05) is 17.3 Å². The number of fused-ring (bicyclic) bond motifs is 1. The second kappa shape index (κ2) is 8.20. The zero-order valence-corrected chi connectivity index (χ0v) is 18.0. The smallest absolute Gasteiger partial charge is 0.375 e. The number of carbonyl (C=O) groups is 2. The molecule has 0 aliphatic carbocycles. The number of nitrogens with zero attached hydrogens (tertiary/aromatic N) is 1. The van der Waals surface area contributed by atoms with Crippen LogP contribution < -0.4 is 4.90 Å². The van der Waals surface area contributed by atoms with Crippen LogP contribution in [0.15, 0.2) is 64.4 Å². The molecule has 1 amide bonds. The van der Waals surface area contributed by atoms with Gasteiger partial charge < -0.3 is 14.1 Å². The molecule has 160 valence electrons. The number of anilines is 1. The lowest BCUT2D eigenvalue weighted by Crippen LogP contribution is -2.43. The van der Waals surface area contributed by atoms with Gasteiger partial charge in [-0.3, -0.25) is 4.79 Å². The molecular formula is C22H18ClNO6S. The number of para-hydroxylation sites is 1. The van der Waals surface area contributed by atoms with Crippen molar-refractivity contribution in [1.82, 2.24) is 0 Å². The average Bonchev–Trinajstić information content (AvgIpc) is 3.26. The second-order valence-corrected chi connectivity index (χ2v) is 9.47. The maximum atomic E-state index is 13.0. The summed E-state index contributed by atoms with van der Waals surface area (Å²) >= 11 is 6.00. The van der Waals surface area contributed by atoms with E-state index in [2.05, 4.69) is 0 Å². The summed E-state index contributed by atoms with van der Waals surface area (Å²) in [5.41, 5.74) is 1.54. The minimum Gasteiger partial charge on any atom is -0.450 e. The number of aryl methyl sites for hydroxylation is 1. The average molecular weight is 460 g/mol. The molecule has 0 fully saturated rings. The molecule has 9 heteroatoms. The maximum absolute atomic E-state index is 13.0. The van der Waals surface area contributed by atoms with Gasteiger partial charge in [0.25, 0.3) is 5.91 Å². The molecule has 3 aromatic rings. The summed E-state index contributed by atoms with van der Waals surface area (Å²) < 4.78 is 34.5. The molecule has 4 rings (SSSR count). The molecule has 0 saturated carbocycles. The first-order chi connectivity index (χ1) is 14.7. The number of hydrogen-bond donors (Lipinski definition) is 0. The van der Waals surface area contributed by atoms with Gasteiger partial charge in [-0.2, -0.15) is 0 Å². The largest absolute Gasteiger partial charge is 0.450 e. The molecule has 2 heterocycles. The molecule has 1 aliphatic rings. The molecule has 0 spiro atoms. The Labute approximate surface area is 183 Å². The molecule has 1 atom stereocenters. The van der Waals surface area contributed by atoms with Crippen molar-refractivity contribution >= 4 is 50.0 Å². The minimum absolute atomic E-state index is 0.0142. The van der Waals surface area contributed by atoms with Gasteiger partial charge in [-0.1, -0.05) is 29.8 Å². The molecule has 0 saturated heterocycles. The van der Waals surface area contributed by atoms with E-state index < -0.39 is 34.4 Å². The Morgan fingerprint density at radius 2 is 1.94 bits per heavy atom. The number of halogens is 1. The third-order valence-electron chi connectivity index (χ3n) is 4.96. The molecule has 7 nitrogen and oxygen atoms in total. The van der Waals surface area contributed by atoms with Crippen LogP contribution in [0, 0.1) is 6.92 Å². The number of sulfone groups is 1. The van der Waals surface area contributed by atoms with Crippen LogP contribution in [-0.4, -0.2) is 38.7 Å². The van der Waals surface area contributed by atoms with Crippen LogP contribution >= 0.6 is 11.6 Å². The number of esters is 1. The van der Waals surface area contributed by atoms with Crippen molar-refractivity contribution in [2.24, 2.45) is 0 Å². The van der Waals surface area contributed by atoms with Gasteiger partial charge in [0.15, 0.2) is 16.4 Å². The van der Waals surface area contributed by atoms with E-state index in [0.29, 0.717) is 27.2 Å². The molecule has 31 heavy (non-hydrogen) atoms. The highest BCUT2D eigenvalue weighted by Crippen LogP contribution is 2.28. The molecular weight excluding hydrogens is 442 g/mol. The van der Waals surface area contributed by atoms with Crippen LogP contribution in [-0.2, 0) is 19.4 Å². The van der Waals surface area contributed by atoms with E-state index >= 15 is 0 Å². The summed E-state index contributed by atoms with van der Waals surface area (Å²) in [4.78, 5) is 26.8. The summed E-state index contributed by atoms with van der Waals surface area (Å²) in [5, 5.41) is 2.28. The van der Waals surface area contributed by atoms with Crippen molar-refractivity contribution in [3.8, 4) is 0 Å². The molecule has 0 bridgehead atoms. The van der Waals surface area contributed by atoms with Crippen molar-refractivity contribution in [1.29, 1.82) is 0 Å². The lowest BCUT2D eigenvalue weighted by Gasteiger charge is -2.27. The van der Waals surface area contributed by atoms with Crippen LogP contribution in [0.2, 0.25) is 5.02 Å². The maximum Gasteiger partial charge on any atom is 0.375 e. The molecule has 2 aromatic carbocycles. The first-order valence-electron chi connectivity index (χ1n) is 9.39. The first-order valence-corrected chi connectivity index (χ1v) is 11.5. The van der Waals surface area contributed by atoms with E-state index in [0.717, 1.165) is 5.41 Å². The number of amides is 1. The van der Waals surface area contributed by atoms with Crippen LogP contribution in [0.5, 0.6) is 0 Å². The fourth-order valence-electron chi connectivity index (χ4n) is 3.48. The summed E-state index contributed by atoms with van der Waals surface area (Å²) in [5.74, 6) is -1.59. The Bertz CT molecular complexity index is 1300. The molecule has 1 unspecified atom stereocenters. The lowest BCUT2D eigenvalue weighted by atomic mass is 10.1. The number of ether oxygens (including phenoxy) is 1. The Kier molecular flexibility index (Phi) is 5.60. The van der Waals surface area contributed by atoms with Crippen molar-refractivity contribution in [2.45, 2.75) is 13.0 Å². The number of benzene rings is 2. The van der Waals surface area contributed by atoms with E-state index in [1.807, 2.05) is 0 Å². The van der Waals surface area contributed by atoms with E-state index in [9.17, 15) is 18.0 Å². The first kappa shape index (κ1) is 21.1. The van der Waals surface area contributed by atoms with Crippen molar-refractivity contribution in [3.63, 3.8) is 0 Å². The van der Waals surface area contributed by atoms with Crippen LogP contribution in [0.25, 0.3) is 11.0 Å². The molecule has 1 aliphatic heterocycles. The SMILES string of the molecule is Cc1c(C(=O)OCC(=O)N(c2ccccc2)C2C=CS(=O)(=O)C2)oc2ccc(Cl)cc12. The summed E-state index contributed by atoms with van der Waals surface area (Å²) in [6.07, 6.45) is 1.45. The van der Waals surface area contributed by atoms with Gasteiger partial charge >= 0.3 is 5.97 Å². The lowest BCUT2D eigenvalue weighted by molar-refractivity contribution is -0.121. The molecule has 0 N–H and O–H groups in total. The summed E-state index contributed by atoms with van der Waals surface area (Å²) in [7, 11) is -3.39. The summed E-state index contributed by atoms with van der Waals surface area (Å²) in [6.45, 7) is 1.13. The van der Waals surface area contributed by atoms with Gasteiger partial charge in [-0.25, -0.2) is 13.2 Å². The number of carbonyl (C=O) groups excluding carboxylic acids is 2. The monoisotopic (exact) mass is 459 g/mol. The fourth-order valence-corrected chi connectivity index (χ4v) is 4.92. The van der Waals surface area contributed by atoms with Gasteiger partial charge in [-0.05, 0) is 43.3 Å². The second-order valence-electron chi connectivity index (χ2n) is 7.10. The van der Waals surface area contributed by atoms with Gasteiger partial charge in [0.05, 0.1) is 11.8 Å². The Balaban J connectivity index is 1.54. The predicted molar refractivity (Wildman–Crippen MR) is 117 cm³/mol. The molecule has 0 radical (unpaired) electrons. The Morgan fingerprint density at radius 3 is 2.61 bits per heavy atom. The van der Waals surface area contributed by atoms with Gasteiger partial charge in [-0.15, -0.1) is 0 Å². The Hall–Kier alpha value is -3.10. The molecule has 1 aromatic heterocycles. The summed E-state index contributed by atoms with van der Waals surface area (Å²) in [6, 6.07) is 12.9. The van der Waals surface area contributed by atoms with Gasteiger partial charge in [0, 0.05) is 27.1 Å². The highest BCUT2D eigenvalue weighted by Gasteiger charge is 2.32. The number of rotatable bonds is 5. The van der Waals surface area contributed by atoms with Crippen LogP contribution in [0.1, 0.15) is 16.1 Å².